The van der Waals surface area contributed by atoms with Gasteiger partial charge in [0.15, 0.2) is 11.4 Å². The van der Waals surface area contributed by atoms with E-state index in [1.165, 1.54) is 6.20 Å². The Morgan fingerprint density at radius 3 is 1.51 bits per heavy atom. The predicted molar refractivity (Wildman–Crippen MR) is 131 cm³/mol. The van der Waals surface area contributed by atoms with Crippen LogP contribution in [0.25, 0.3) is 0 Å². The summed E-state index contributed by atoms with van der Waals surface area (Å²) in [5, 5.41) is 10.1. The fraction of sp³-hybridized carbons (Fsp3) is 0.636. The number of piperazine rings is 2. The van der Waals surface area contributed by atoms with Crippen molar-refractivity contribution >= 4 is 21.7 Å². The Kier molecular flexibility index (Phi) is 11.5. The second kappa shape index (κ2) is 13.6. The number of hydrogen-bond acceptors (Lipinski definition) is 8. The van der Waals surface area contributed by atoms with Gasteiger partial charge in [0.25, 0.3) is 0 Å². The van der Waals surface area contributed by atoms with Crippen molar-refractivity contribution in [1.82, 2.24) is 35.9 Å². The van der Waals surface area contributed by atoms with Crippen LogP contribution in [0.3, 0.4) is 0 Å². The van der Waals surface area contributed by atoms with Gasteiger partial charge in [0.05, 0.1) is 24.8 Å². The minimum Gasteiger partial charge on any atom is -0.352 e. The minimum absolute atomic E-state index is 0.276. The molecular formula is C22H31BrF6N8. The highest BCUT2D eigenvalue weighted by Crippen LogP contribution is 2.28. The first kappa shape index (κ1) is 31.1. The van der Waals surface area contributed by atoms with Gasteiger partial charge in [-0.15, -0.1) is 0 Å². The van der Waals surface area contributed by atoms with E-state index in [2.05, 4.69) is 65.7 Å². The highest BCUT2D eigenvalue weighted by molar-refractivity contribution is 9.10. The highest BCUT2D eigenvalue weighted by Gasteiger charge is 2.33. The number of aromatic nitrogens is 4. The normalized spacial score (nSPS) is 24.4. The molecule has 0 amide bonds. The zero-order valence-electron chi connectivity index (χ0n) is 20.8. The summed E-state index contributed by atoms with van der Waals surface area (Å²) in [6.07, 6.45) is -5.20. The molecule has 2 aliphatic rings. The lowest BCUT2D eigenvalue weighted by molar-refractivity contribution is -0.142. The van der Waals surface area contributed by atoms with E-state index in [4.69, 9.17) is 0 Å². The third-order valence-corrected chi connectivity index (χ3v) is 5.60. The number of anilines is 1. The summed E-state index contributed by atoms with van der Waals surface area (Å²) in [7, 11) is 0. The minimum atomic E-state index is -4.43. The average molecular weight is 601 g/mol. The lowest BCUT2D eigenvalue weighted by Crippen LogP contribution is -2.54. The molecule has 2 fully saturated rings. The summed E-state index contributed by atoms with van der Waals surface area (Å²) >= 11 is 2.87. The van der Waals surface area contributed by atoms with Gasteiger partial charge in [-0.25, -0.2) is 19.9 Å². The lowest BCUT2D eigenvalue weighted by atomic mass is 10.1. The molecule has 8 nitrogen and oxygen atoms in total. The molecule has 2 aromatic heterocycles. The first-order chi connectivity index (χ1) is 17.1. The van der Waals surface area contributed by atoms with Gasteiger partial charge in [0, 0.05) is 50.3 Å². The number of alkyl halides is 6. The molecule has 0 aromatic carbocycles. The molecule has 0 saturated carbocycles. The van der Waals surface area contributed by atoms with Gasteiger partial charge in [0.2, 0.25) is 0 Å². The molecule has 15 heteroatoms. The Labute approximate surface area is 220 Å². The molecule has 4 heterocycles. The summed E-state index contributed by atoms with van der Waals surface area (Å²) < 4.78 is 72.8. The van der Waals surface area contributed by atoms with Crippen LogP contribution in [0.2, 0.25) is 0 Å². The maximum Gasteiger partial charge on any atom is 0.434 e. The van der Waals surface area contributed by atoms with Crippen LogP contribution in [0, 0.1) is 0 Å². The zero-order chi connectivity index (χ0) is 27.8. The van der Waals surface area contributed by atoms with E-state index in [9.17, 15) is 26.3 Å². The first-order valence-corrected chi connectivity index (χ1v) is 12.4. The summed E-state index contributed by atoms with van der Waals surface area (Å²) in [5.41, 5.74) is -1.94. The van der Waals surface area contributed by atoms with Crippen LogP contribution in [0.5, 0.6) is 0 Å². The molecule has 0 radical (unpaired) electrons. The van der Waals surface area contributed by atoms with Crippen molar-refractivity contribution in [3.05, 3.63) is 40.8 Å². The van der Waals surface area contributed by atoms with Crippen molar-refractivity contribution in [3.8, 4) is 0 Å². The Morgan fingerprint density at radius 1 is 0.703 bits per heavy atom. The van der Waals surface area contributed by atoms with Gasteiger partial charge >= 0.3 is 12.4 Å². The molecule has 37 heavy (non-hydrogen) atoms. The number of hydrogen-bond donors (Lipinski definition) is 3. The second-order valence-electron chi connectivity index (χ2n) is 8.98. The fourth-order valence-corrected chi connectivity index (χ4v) is 3.93. The topological polar surface area (TPSA) is 90.9 Å². The molecule has 0 unspecified atom stereocenters. The van der Waals surface area contributed by atoms with Gasteiger partial charge in [-0.05, 0) is 43.6 Å². The van der Waals surface area contributed by atoms with Crippen molar-refractivity contribution in [2.24, 2.45) is 0 Å². The van der Waals surface area contributed by atoms with Crippen LogP contribution < -0.4 is 20.9 Å². The van der Waals surface area contributed by atoms with E-state index < -0.39 is 23.7 Å². The van der Waals surface area contributed by atoms with Crippen molar-refractivity contribution in [3.63, 3.8) is 0 Å². The van der Waals surface area contributed by atoms with Gasteiger partial charge in [-0.3, -0.25) is 0 Å². The highest BCUT2D eigenvalue weighted by atomic mass is 79.9. The SMILES string of the molecule is C[C@@H]1CN(c2cnc(C(F)(F)F)cn2)C[C@@H](C)N1.C[C@@H]1CNC[C@@H](C)N1.FC(F)(F)c1cnc(Br)cn1. The molecule has 0 aliphatic carbocycles. The monoisotopic (exact) mass is 600 g/mol. The van der Waals surface area contributed by atoms with E-state index in [-0.39, 0.29) is 16.7 Å². The van der Waals surface area contributed by atoms with Crippen LogP contribution in [-0.4, -0.2) is 70.3 Å². The number of halogens is 7. The molecule has 208 valence electrons. The van der Waals surface area contributed by atoms with E-state index in [0.29, 0.717) is 37.2 Å². The van der Waals surface area contributed by atoms with Crippen LogP contribution in [-0.2, 0) is 12.4 Å². The molecule has 0 spiro atoms. The Morgan fingerprint density at radius 2 is 1.16 bits per heavy atom. The average Bonchev–Trinajstić information content (AvgIpc) is 2.78. The third-order valence-electron chi connectivity index (χ3n) is 5.19. The lowest BCUT2D eigenvalue weighted by Gasteiger charge is -2.36. The molecule has 2 aliphatic heterocycles. The standard InChI is InChI=1S/C11H15F3N4.C6H14N2.C5H2BrF3N2/c1-7-5-18(6-8(2)17-7)10-4-15-9(3-16-10)11(12,13)14;1-5-3-7-4-6(2)8-5;6-4-2-10-3(1-11-4)5(7,8)9/h3-4,7-8,17H,5-6H2,1-2H3;5-8H,3-4H2,1-2H3;1-2H/t7-,8-;5-,6-;/m11./s1. The first-order valence-electron chi connectivity index (χ1n) is 11.6. The second-order valence-corrected chi connectivity index (χ2v) is 9.79. The summed E-state index contributed by atoms with van der Waals surface area (Å²) in [6.45, 7) is 12.1. The van der Waals surface area contributed by atoms with E-state index in [0.717, 1.165) is 25.5 Å². The Bertz CT molecular complexity index is 924. The zero-order valence-corrected chi connectivity index (χ0v) is 22.4. The molecule has 0 bridgehead atoms. The van der Waals surface area contributed by atoms with Crippen molar-refractivity contribution in [2.75, 3.05) is 31.1 Å². The van der Waals surface area contributed by atoms with Crippen LogP contribution in [0.15, 0.2) is 29.4 Å². The maximum atomic E-state index is 12.4. The molecular weight excluding hydrogens is 570 g/mol. The van der Waals surface area contributed by atoms with Crippen LogP contribution in [0.4, 0.5) is 32.2 Å². The Hall–Kier alpha value is -2.10. The van der Waals surface area contributed by atoms with Crippen LogP contribution in [0.1, 0.15) is 39.1 Å². The summed E-state index contributed by atoms with van der Waals surface area (Å²) in [4.78, 5) is 15.7. The predicted octanol–water partition coefficient (Wildman–Crippen LogP) is 3.90. The third kappa shape index (κ3) is 11.0. The smallest absolute Gasteiger partial charge is 0.352 e. The largest absolute Gasteiger partial charge is 0.434 e. The number of nitrogens with zero attached hydrogens (tertiary/aromatic N) is 5. The van der Waals surface area contributed by atoms with Gasteiger partial charge in [0.1, 0.15) is 10.4 Å². The molecule has 4 atom stereocenters. The fourth-order valence-electron chi connectivity index (χ4n) is 3.72. The molecule has 2 aromatic rings. The van der Waals surface area contributed by atoms with Crippen molar-refractivity contribution < 1.29 is 26.3 Å². The van der Waals surface area contributed by atoms with E-state index in [1.54, 1.807) is 0 Å². The van der Waals surface area contributed by atoms with Crippen molar-refractivity contribution in [1.29, 1.82) is 0 Å². The maximum absolute atomic E-state index is 12.4. The number of rotatable bonds is 1. The van der Waals surface area contributed by atoms with Gasteiger partial charge < -0.3 is 20.9 Å². The molecule has 4 rings (SSSR count). The summed E-state index contributed by atoms with van der Waals surface area (Å²) in [5.74, 6) is 0.489. The van der Waals surface area contributed by atoms with E-state index in [1.807, 2.05) is 18.7 Å². The van der Waals surface area contributed by atoms with E-state index >= 15 is 0 Å². The Balaban J connectivity index is 0.000000215. The van der Waals surface area contributed by atoms with Crippen molar-refractivity contribution in [2.45, 2.75) is 64.2 Å². The van der Waals surface area contributed by atoms with Crippen LogP contribution >= 0.6 is 15.9 Å². The quantitative estimate of drug-likeness (QED) is 0.425. The number of nitrogens with one attached hydrogen (secondary N) is 3. The summed E-state index contributed by atoms with van der Waals surface area (Å²) in [6, 6.07) is 1.85. The molecule has 2 saturated heterocycles. The van der Waals surface area contributed by atoms with Gasteiger partial charge in [-0.2, -0.15) is 26.3 Å². The van der Waals surface area contributed by atoms with Gasteiger partial charge in [-0.1, -0.05) is 0 Å². The molecule has 3 N–H and O–H groups in total.